The Morgan fingerprint density at radius 1 is 1.12 bits per heavy atom. The summed E-state index contributed by atoms with van der Waals surface area (Å²) in [6.45, 7) is 13.1. The van der Waals surface area contributed by atoms with Crippen molar-refractivity contribution in [3.8, 4) is 0 Å². The summed E-state index contributed by atoms with van der Waals surface area (Å²) < 4.78 is 0. The molecule has 1 nitrogen and oxygen atoms in total. The van der Waals surface area contributed by atoms with Gasteiger partial charge in [0.05, 0.1) is 0 Å². The van der Waals surface area contributed by atoms with Crippen LogP contribution in [-0.4, -0.2) is 12.6 Å². The molecular weight excluding hydrogens is 206 g/mol. The van der Waals surface area contributed by atoms with Crippen molar-refractivity contribution in [2.75, 3.05) is 6.54 Å². The second kappa shape index (κ2) is 7.41. The molecule has 1 N–H and O–H groups in total. The molecule has 17 heavy (non-hydrogen) atoms. The Morgan fingerprint density at radius 2 is 1.82 bits per heavy atom. The predicted octanol–water partition coefficient (Wildman–Crippen LogP) is 4.47. The quantitative estimate of drug-likeness (QED) is 0.721. The van der Waals surface area contributed by atoms with Gasteiger partial charge in [0.2, 0.25) is 0 Å². The SMILES string of the molecule is CCCNC(CC(C)C)C1CCC(C)C(C)C1. The predicted molar refractivity (Wildman–Crippen MR) is 77.2 cm³/mol. The monoisotopic (exact) mass is 239 g/mol. The van der Waals surface area contributed by atoms with Gasteiger partial charge in [-0.15, -0.1) is 0 Å². The lowest BCUT2D eigenvalue weighted by molar-refractivity contribution is 0.159. The minimum atomic E-state index is 0.768. The van der Waals surface area contributed by atoms with E-state index in [0.717, 1.165) is 29.7 Å². The standard InChI is InChI=1S/C16H33N/c1-6-9-17-16(10-12(2)3)15-8-7-13(4)14(5)11-15/h12-17H,6-11H2,1-5H3. The van der Waals surface area contributed by atoms with E-state index in [1.807, 2.05) is 0 Å². The van der Waals surface area contributed by atoms with E-state index in [9.17, 15) is 0 Å². The third-order valence-corrected chi connectivity index (χ3v) is 4.59. The van der Waals surface area contributed by atoms with E-state index in [4.69, 9.17) is 0 Å². The molecule has 0 heterocycles. The van der Waals surface area contributed by atoms with E-state index in [0.29, 0.717) is 0 Å². The van der Waals surface area contributed by atoms with Gasteiger partial charge in [0, 0.05) is 6.04 Å². The van der Waals surface area contributed by atoms with E-state index in [2.05, 4.69) is 39.9 Å². The molecule has 1 rings (SSSR count). The highest BCUT2D eigenvalue weighted by Crippen LogP contribution is 2.36. The normalized spacial score (nSPS) is 31.8. The van der Waals surface area contributed by atoms with Crippen molar-refractivity contribution >= 4 is 0 Å². The van der Waals surface area contributed by atoms with E-state index >= 15 is 0 Å². The molecule has 0 amide bonds. The minimum Gasteiger partial charge on any atom is -0.314 e. The van der Waals surface area contributed by atoms with Gasteiger partial charge in [-0.1, -0.05) is 41.0 Å². The molecule has 0 aliphatic heterocycles. The van der Waals surface area contributed by atoms with Crippen molar-refractivity contribution in [1.29, 1.82) is 0 Å². The summed E-state index contributed by atoms with van der Waals surface area (Å²) in [4.78, 5) is 0. The van der Waals surface area contributed by atoms with Gasteiger partial charge < -0.3 is 5.32 Å². The number of nitrogens with one attached hydrogen (secondary N) is 1. The fraction of sp³-hybridized carbons (Fsp3) is 1.00. The van der Waals surface area contributed by atoms with Crippen molar-refractivity contribution < 1.29 is 0 Å². The van der Waals surface area contributed by atoms with Crippen LogP contribution in [0.1, 0.15) is 66.7 Å². The Morgan fingerprint density at radius 3 is 2.35 bits per heavy atom. The molecule has 0 saturated heterocycles. The van der Waals surface area contributed by atoms with Crippen LogP contribution in [0.4, 0.5) is 0 Å². The highest BCUT2D eigenvalue weighted by atomic mass is 14.9. The zero-order valence-corrected chi connectivity index (χ0v) is 12.6. The molecule has 0 spiro atoms. The largest absolute Gasteiger partial charge is 0.314 e. The lowest BCUT2D eigenvalue weighted by Gasteiger charge is -2.38. The summed E-state index contributed by atoms with van der Waals surface area (Å²) >= 11 is 0. The van der Waals surface area contributed by atoms with Gasteiger partial charge in [-0.05, 0) is 55.9 Å². The van der Waals surface area contributed by atoms with E-state index in [1.54, 1.807) is 0 Å². The first kappa shape index (κ1) is 15.0. The fourth-order valence-electron chi connectivity index (χ4n) is 3.23. The van der Waals surface area contributed by atoms with Gasteiger partial charge in [0.25, 0.3) is 0 Å². The van der Waals surface area contributed by atoms with Crippen LogP contribution in [0.15, 0.2) is 0 Å². The van der Waals surface area contributed by atoms with Crippen LogP contribution in [0.25, 0.3) is 0 Å². The number of hydrogen-bond acceptors (Lipinski definition) is 1. The Bertz CT molecular complexity index is 200. The molecule has 0 radical (unpaired) electrons. The second-order valence-electron chi connectivity index (χ2n) is 6.72. The van der Waals surface area contributed by atoms with Crippen LogP contribution in [0.3, 0.4) is 0 Å². The number of hydrogen-bond donors (Lipinski definition) is 1. The van der Waals surface area contributed by atoms with Crippen LogP contribution in [0, 0.1) is 23.7 Å². The zero-order chi connectivity index (χ0) is 12.8. The summed E-state index contributed by atoms with van der Waals surface area (Å²) in [5.41, 5.74) is 0. The van der Waals surface area contributed by atoms with Crippen molar-refractivity contribution in [1.82, 2.24) is 5.32 Å². The minimum absolute atomic E-state index is 0.768. The molecule has 0 aromatic carbocycles. The molecule has 1 fully saturated rings. The molecule has 1 heteroatoms. The lowest BCUT2D eigenvalue weighted by Crippen LogP contribution is -2.40. The van der Waals surface area contributed by atoms with E-state index in [1.165, 1.54) is 38.6 Å². The average Bonchev–Trinajstić information content (AvgIpc) is 2.27. The first-order valence-electron chi connectivity index (χ1n) is 7.77. The van der Waals surface area contributed by atoms with Crippen LogP contribution in [-0.2, 0) is 0 Å². The van der Waals surface area contributed by atoms with Gasteiger partial charge >= 0.3 is 0 Å². The summed E-state index contributed by atoms with van der Waals surface area (Å²) in [5.74, 6) is 3.61. The number of rotatable bonds is 6. The summed E-state index contributed by atoms with van der Waals surface area (Å²) in [6, 6.07) is 0.768. The Balaban J connectivity index is 2.50. The summed E-state index contributed by atoms with van der Waals surface area (Å²) in [5, 5.41) is 3.81. The Kier molecular flexibility index (Phi) is 6.54. The topological polar surface area (TPSA) is 12.0 Å². The van der Waals surface area contributed by atoms with Crippen molar-refractivity contribution in [3.63, 3.8) is 0 Å². The van der Waals surface area contributed by atoms with Crippen LogP contribution in [0.5, 0.6) is 0 Å². The summed E-state index contributed by atoms with van der Waals surface area (Å²) in [6.07, 6.45) is 6.93. The van der Waals surface area contributed by atoms with Crippen molar-refractivity contribution in [2.45, 2.75) is 72.8 Å². The van der Waals surface area contributed by atoms with Gasteiger partial charge in [-0.25, -0.2) is 0 Å². The Labute approximate surface area is 109 Å². The fourth-order valence-corrected chi connectivity index (χ4v) is 3.23. The van der Waals surface area contributed by atoms with Gasteiger partial charge in [0.1, 0.15) is 0 Å². The van der Waals surface area contributed by atoms with Crippen molar-refractivity contribution in [2.24, 2.45) is 23.7 Å². The maximum absolute atomic E-state index is 3.81. The van der Waals surface area contributed by atoms with Crippen LogP contribution >= 0.6 is 0 Å². The molecule has 1 saturated carbocycles. The van der Waals surface area contributed by atoms with Crippen LogP contribution < -0.4 is 5.32 Å². The van der Waals surface area contributed by atoms with E-state index < -0.39 is 0 Å². The summed E-state index contributed by atoms with van der Waals surface area (Å²) in [7, 11) is 0. The first-order chi connectivity index (χ1) is 8.04. The zero-order valence-electron chi connectivity index (χ0n) is 12.6. The smallest absolute Gasteiger partial charge is 0.00978 e. The molecule has 0 bridgehead atoms. The first-order valence-corrected chi connectivity index (χ1v) is 7.77. The van der Waals surface area contributed by atoms with Crippen molar-refractivity contribution in [3.05, 3.63) is 0 Å². The molecule has 4 unspecified atom stereocenters. The highest BCUT2D eigenvalue weighted by molar-refractivity contribution is 4.84. The highest BCUT2D eigenvalue weighted by Gasteiger charge is 2.29. The molecule has 102 valence electrons. The molecule has 1 aliphatic carbocycles. The molecule has 4 atom stereocenters. The van der Waals surface area contributed by atoms with Gasteiger partial charge in [-0.2, -0.15) is 0 Å². The molecular formula is C16H33N. The van der Waals surface area contributed by atoms with Crippen LogP contribution in [0.2, 0.25) is 0 Å². The molecule has 0 aromatic heterocycles. The van der Waals surface area contributed by atoms with E-state index in [-0.39, 0.29) is 0 Å². The second-order valence-corrected chi connectivity index (χ2v) is 6.72. The van der Waals surface area contributed by atoms with Gasteiger partial charge in [0.15, 0.2) is 0 Å². The third-order valence-electron chi connectivity index (χ3n) is 4.59. The maximum atomic E-state index is 3.81. The van der Waals surface area contributed by atoms with Gasteiger partial charge in [-0.3, -0.25) is 0 Å². The Hall–Kier alpha value is -0.0400. The molecule has 0 aromatic rings. The average molecular weight is 239 g/mol. The maximum Gasteiger partial charge on any atom is 0.00978 e. The lowest BCUT2D eigenvalue weighted by atomic mass is 9.72. The molecule has 1 aliphatic rings. The third kappa shape index (κ3) is 4.99.